The molecule has 9 heteroatoms. The highest BCUT2D eigenvalue weighted by molar-refractivity contribution is 5.93. The van der Waals surface area contributed by atoms with Crippen molar-refractivity contribution in [2.45, 2.75) is 39.8 Å². The summed E-state index contributed by atoms with van der Waals surface area (Å²) < 4.78 is 16.4. The van der Waals surface area contributed by atoms with Gasteiger partial charge >= 0.3 is 6.03 Å². The Morgan fingerprint density at radius 2 is 1.71 bits per heavy atom. The molecule has 0 saturated heterocycles. The Bertz CT molecular complexity index is 1580. The van der Waals surface area contributed by atoms with Crippen molar-refractivity contribution in [3.63, 3.8) is 0 Å². The number of unbranched alkanes of at least 4 members (excludes halogenated alkanes) is 1. The van der Waals surface area contributed by atoms with E-state index in [0.29, 0.717) is 46.7 Å². The van der Waals surface area contributed by atoms with Crippen LogP contribution in [0.5, 0.6) is 11.5 Å². The molecular weight excluding hydrogens is 534 g/mol. The van der Waals surface area contributed by atoms with Gasteiger partial charge in [0.15, 0.2) is 5.43 Å². The van der Waals surface area contributed by atoms with Crippen LogP contribution in [0.2, 0.25) is 0 Å². The molecule has 4 aromatic rings. The number of amides is 3. The maximum Gasteiger partial charge on any atom is 0.322 e. The number of benzene rings is 3. The SMILES string of the molecule is CCCCN(CC(=O)N(Cc1ccccc1)Cc1coc2ccc(C)cc2c1=O)C(=O)Nc1ccc(OC)cc1OC. The first kappa shape index (κ1) is 30.2. The largest absolute Gasteiger partial charge is 0.497 e. The third kappa shape index (κ3) is 7.48. The van der Waals surface area contributed by atoms with E-state index in [1.54, 1.807) is 42.3 Å². The van der Waals surface area contributed by atoms with Crippen LogP contribution in [0.4, 0.5) is 10.5 Å². The Labute approximate surface area is 245 Å². The summed E-state index contributed by atoms with van der Waals surface area (Å²) >= 11 is 0. The van der Waals surface area contributed by atoms with Gasteiger partial charge < -0.3 is 29.0 Å². The molecule has 42 heavy (non-hydrogen) atoms. The van der Waals surface area contributed by atoms with Gasteiger partial charge in [0.05, 0.1) is 43.7 Å². The Balaban J connectivity index is 1.60. The van der Waals surface area contributed by atoms with Gasteiger partial charge in [-0.25, -0.2) is 4.79 Å². The van der Waals surface area contributed by atoms with Crippen molar-refractivity contribution in [2.75, 3.05) is 32.6 Å². The summed E-state index contributed by atoms with van der Waals surface area (Å²) in [7, 11) is 3.06. The number of aryl methyl sites for hydroxylation is 1. The van der Waals surface area contributed by atoms with Gasteiger partial charge in [-0.1, -0.05) is 55.3 Å². The summed E-state index contributed by atoms with van der Waals surface area (Å²) in [6.07, 6.45) is 2.98. The summed E-state index contributed by atoms with van der Waals surface area (Å²) in [5.74, 6) is 0.733. The highest BCUT2D eigenvalue weighted by atomic mass is 16.5. The zero-order chi connectivity index (χ0) is 30.1. The monoisotopic (exact) mass is 571 g/mol. The van der Waals surface area contributed by atoms with Crippen LogP contribution in [0.15, 0.2) is 82.2 Å². The number of hydrogen-bond donors (Lipinski definition) is 1. The highest BCUT2D eigenvalue weighted by Crippen LogP contribution is 2.29. The van der Waals surface area contributed by atoms with Crippen molar-refractivity contribution in [3.8, 4) is 11.5 Å². The second-order valence-electron chi connectivity index (χ2n) is 10.1. The zero-order valence-corrected chi connectivity index (χ0v) is 24.5. The normalized spacial score (nSPS) is 10.8. The van der Waals surface area contributed by atoms with Crippen LogP contribution in [0.1, 0.15) is 36.5 Å². The molecular formula is C33H37N3O6. The fraction of sp³-hybridized carbons (Fsp3) is 0.303. The summed E-state index contributed by atoms with van der Waals surface area (Å²) in [6, 6.07) is 19.6. The molecule has 1 heterocycles. The van der Waals surface area contributed by atoms with E-state index in [1.165, 1.54) is 18.3 Å². The van der Waals surface area contributed by atoms with E-state index < -0.39 is 6.03 Å². The minimum absolute atomic E-state index is 0.0372. The molecule has 1 N–H and O–H groups in total. The van der Waals surface area contributed by atoms with Gasteiger partial charge in [0, 0.05) is 19.2 Å². The second kappa shape index (κ2) is 14.2. The molecule has 0 unspecified atom stereocenters. The lowest BCUT2D eigenvalue weighted by Gasteiger charge is -2.28. The Kier molecular flexibility index (Phi) is 10.2. The number of ether oxygens (including phenoxy) is 2. The van der Waals surface area contributed by atoms with Gasteiger partial charge in [-0.05, 0) is 43.2 Å². The van der Waals surface area contributed by atoms with E-state index in [9.17, 15) is 14.4 Å². The number of nitrogens with zero attached hydrogens (tertiary/aromatic N) is 2. The highest BCUT2D eigenvalue weighted by Gasteiger charge is 2.24. The van der Waals surface area contributed by atoms with Gasteiger partial charge in [-0.3, -0.25) is 9.59 Å². The fourth-order valence-corrected chi connectivity index (χ4v) is 4.60. The smallest absolute Gasteiger partial charge is 0.322 e. The Morgan fingerprint density at radius 3 is 2.43 bits per heavy atom. The molecule has 0 bridgehead atoms. The third-order valence-electron chi connectivity index (χ3n) is 6.97. The van der Waals surface area contributed by atoms with Crippen molar-refractivity contribution in [2.24, 2.45) is 0 Å². The van der Waals surface area contributed by atoms with Crippen LogP contribution in [-0.2, 0) is 17.9 Å². The number of carbonyl (C=O) groups excluding carboxylic acids is 2. The predicted octanol–water partition coefficient (Wildman–Crippen LogP) is 5.98. The van der Waals surface area contributed by atoms with E-state index in [2.05, 4.69) is 5.32 Å². The Morgan fingerprint density at radius 1 is 0.929 bits per heavy atom. The maximum absolute atomic E-state index is 13.8. The van der Waals surface area contributed by atoms with E-state index >= 15 is 0 Å². The first-order valence-corrected chi connectivity index (χ1v) is 13.9. The second-order valence-corrected chi connectivity index (χ2v) is 10.1. The number of hydrogen-bond acceptors (Lipinski definition) is 6. The molecule has 0 radical (unpaired) electrons. The standard InChI is InChI=1S/C33H37N3O6/c1-5-6-16-35(33(39)34-28-14-13-26(40-3)18-30(28)41-4)21-31(37)36(19-24-10-8-7-9-11-24)20-25-22-42-29-15-12-23(2)17-27(29)32(25)38/h7-15,17-18,22H,5-6,16,19-21H2,1-4H3,(H,34,39). The number of urea groups is 1. The topological polar surface area (TPSA) is 101 Å². The van der Waals surface area contributed by atoms with Gasteiger partial charge in [0.1, 0.15) is 23.6 Å². The first-order chi connectivity index (χ1) is 20.3. The molecule has 0 fully saturated rings. The van der Waals surface area contributed by atoms with Crippen molar-refractivity contribution in [3.05, 3.63) is 99.9 Å². The van der Waals surface area contributed by atoms with Gasteiger partial charge in [0.2, 0.25) is 5.91 Å². The number of rotatable bonds is 12. The average molecular weight is 572 g/mol. The van der Waals surface area contributed by atoms with Crippen molar-refractivity contribution < 1.29 is 23.5 Å². The van der Waals surface area contributed by atoms with Crippen LogP contribution in [-0.4, -0.2) is 49.0 Å². The molecule has 9 nitrogen and oxygen atoms in total. The first-order valence-electron chi connectivity index (χ1n) is 13.9. The fourth-order valence-electron chi connectivity index (χ4n) is 4.60. The van der Waals surface area contributed by atoms with E-state index in [1.807, 2.05) is 50.2 Å². The minimum Gasteiger partial charge on any atom is -0.497 e. The van der Waals surface area contributed by atoms with Crippen LogP contribution >= 0.6 is 0 Å². The number of nitrogens with one attached hydrogen (secondary N) is 1. The zero-order valence-electron chi connectivity index (χ0n) is 24.5. The molecule has 0 atom stereocenters. The summed E-state index contributed by atoms with van der Waals surface area (Å²) in [4.78, 5) is 43.7. The third-order valence-corrected chi connectivity index (χ3v) is 6.97. The minimum atomic E-state index is -0.430. The van der Waals surface area contributed by atoms with E-state index in [4.69, 9.17) is 13.9 Å². The lowest BCUT2D eigenvalue weighted by atomic mass is 10.1. The molecule has 3 aromatic carbocycles. The van der Waals surface area contributed by atoms with E-state index in [-0.39, 0.29) is 31.0 Å². The van der Waals surface area contributed by atoms with Crippen LogP contribution in [0, 0.1) is 6.92 Å². The lowest BCUT2D eigenvalue weighted by Crippen LogP contribution is -2.44. The van der Waals surface area contributed by atoms with Gasteiger partial charge in [-0.15, -0.1) is 0 Å². The molecule has 0 aliphatic rings. The summed E-state index contributed by atoms with van der Waals surface area (Å²) in [5.41, 5.74) is 2.98. The van der Waals surface area contributed by atoms with Crippen molar-refractivity contribution >= 4 is 28.6 Å². The number of anilines is 1. The molecule has 1 aromatic heterocycles. The summed E-state index contributed by atoms with van der Waals surface area (Å²) in [6.45, 7) is 4.44. The summed E-state index contributed by atoms with van der Waals surface area (Å²) in [5, 5.41) is 3.34. The van der Waals surface area contributed by atoms with Crippen molar-refractivity contribution in [1.29, 1.82) is 0 Å². The molecule has 0 aliphatic heterocycles. The molecule has 3 amide bonds. The average Bonchev–Trinajstić information content (AvgIpc) is 3.00. The number of fused-ring (bicyclic) bond motifs is 1. The molecule has 0 spiro atoms. The quantitative estimate of drug-likeness (QED) is 0.224. The van der Waals surface area contributed by atoms with Crippen LogP contribution in [0.25, 0.3) is 11.0 Å². The lowest BCUT2D eigenvalue weighted by molar-refractivity contribution is -0.133. The van der Waals surface area contributed by atoms with Gasteiger partial charge in [-0.2, -0.15) is 0 Å². The van der Waals surface area contributed by atoms with Gasteiger partial charge in [0.25, 0.3) is 0 Å². The Hall–Kier alpha value is -4.79. The van der Waals surface area contributed by atoms with Crippen LogP contribution in [0.3, 0.4) is 0 Å². The predicted molar refractivity (Wildman–Crippen MR) is 163 cm³/mol. The van der Waals surface area contributed by atoms with Crippen LogP contribution < -0.4 is 20.2 Å². The number of methoxy groups -OCH3 is 2. The number of carbonyl (C=O) groups is 2. The van der Waals surface area contributed by atoms with E-state index in [0.717, 1.165) is 17.5 Å². The molecule has 4 rings (SSSR count). The molecule has 0 saturated carbocycles. The maximum atomic E-state index is 13.8. The van der Waals surface area contributed by atoms with Crippen molar-refractivity contribution in [1.82, 2.24) is 9.80 Å². The molecule has 220 valence electrons. The molecule has 0 aliphatic carbocycles.